The molecule has 4 amide bonds. The van der Waals surface area contributed by atoms with Crippen molar-refractivity contribution < 1.29 is 14.4 Å². The fourth-order valence-electron chi connectivity index (χ4n) is 3.63. The first-order chi connectivity index (χ1) is 12.5. The predicted molar refractivity (Wildman–Crippen MR) is 105 cm³/mol. The van der Waals surface area contributed by atoms with Gasteiger partial charge in [-0.15, -0.1) is 0 Å². The van der Waals surface area contributed by atoms with Crippen LogP contribution in [0.3, 0.4) is 0 Å². The summed E-state index contributed by atoms with van der Waals surface area (Å²) in [5.41, 5.74) is 0.716. The van der Waals surface area contributed by atoms with Gasteiger partial charge in [0.1, 0.15) is 12.1 Å². The number of nitrogens with zero attached hydrogens (tertiary/aromatic N) is 2. The summed E-state index contributed by atoms with van der Waals surface area (Å²) in [6.07, 6.45) is 0. The minimum atomic E-state index is -1.16. The van der Waals surface area contributed by atoms with Gasteiger partial charge in [-0.3, -0.25) is 14.5 Å². The van der Waals surface area contributed by atoms with Crippen LogP contribution in [0, 0.1) is 0 Å². The lowest BCUT2D eigenvalue weighted by atomic mass is 9.90. The van der Waals surface area contributed by atoms with E-state index >= 15 is 0 Å². The van der Waals surface area contributed by atoms with Crippen molar-refractivity contribution in [3.63, 3.8) is 0 Å². The molecule has 1 fully saturated rings. The largest absolute Gasteiger partial charge is 0.336 e. The van der Waals surface area contributed by atoms with Gasteiger partial charge in [0.25, 0.3) is 5.91 Å². The van der Waals surface area contributed by atoms with Gasteiger partial charge in [0.05, 0.1) is 0 Å². The van der Waals surface area contributed by atoms with Crippen LogP contribution < -0.4 is 5.32 Å². The summed E-state index contributed by atoms with van der Waals surface area (Å²) >= 11 is 0. The zero-order valence-corrected chi connectivity index (χ0v) is 17.4. The van der Waals surface area contributed by atoms with Crippen LogP contribution in [-0.4, -0.2) is 46.3 Å². The molecule has 1 aromatic rings. The van der Waals surface area contributed by atoms with E-state index in [0.717, 1.165) is 10.5 Å². The van der Waals surface area contributed by atoms with E-state index in [1.165, 1.54) is 0 Å². The van der Waals surface area contributed by atoms with Gasteiger partial charge in [-0.05, 0) is 51.7 Å². The molecule has 0 saturated carbocycles. The van der Waals surface area contributed by atoms with E-state index < -0.39 is 17.5 Å². The lowest BCUT2D eigenvalue weighted by Gasteiger charge is -2.32. The van der Waals surface area contributed by atoms with Gasteiger partial charge in [0.2, 0.25) is 5.91 Å². The normalized spacial score (nSPS) is 20.0. The van der Waals surface area contributed by atoms with Crippen molar-refractivity contribution in [3.05, 3.63) is 35.4 Å². The molecule has 1 aromatic carbocycles. The maximum atomic E-state index is 13.0. The predicted octanol–water partition coefficient (Wildman–Crippen LogP) is 3.22. The smallest absolute Gasteiger partial charge is 0.325 e. The van der Waals surface area contributed by atoms with Crippen molar-refractivity contribution >= 4 is 17.8 Å². The number of amides is 4. The first kappa shape index (κ1) is 20.9. The Morgan fingerprint density at radius 1 is 1.04 bits per heavy atom. The number of carbonyl (C=O) groups is 3. The van der Waals surface area contributed by atoms with Crippen molar-refractivity contribution in [1.29, 1.82) is 0 Å². The average molecular weight is 373 g/mol. The number of imide groups is 1. The van der Waals surface area contributed by atoms with Crippen molar-refractivity contribution in [2.24, 2.45) is 0 Å². The molecule has 1 N–H and O–H groups in total. The summed E-state index contributed by atoms with van der Waals surface area (Å²) < 4.78 is 0. The zero-order chi connectivity index (χ0) is 20.5. The maximum absolute atomic E-state index is 13.0. The number of hydrogen-bond acceptors (Lipinski definition) is 3. The fraction of sp³-hybridized carbons (Fsp3) is 0.571. The Kier molecular flexibility index (Phi) is 5.97. The highest BCUT2D eigenvalue weighted by atomic mass is 16.2. The van der Waals surface area contributed by atoms with E-state index in [1.807, 2.05) is 52.0 Å². The van der Waals surface area contributed by atoms with Crippen molar-refractivity contribution in [3.8, 4) is 0 Å². The van der Waals surface area contributed by atoms with Crippen LogP contribution in [0.4, 0.5) is 4.79 Å². The molecule has 2 rings (SSSR count). The summed E-state index contributed by atoms with van der Waals surface area (Å²) in [5, 5.41) is 2.76. The Labute approximate surface area is 161 Å². The monoisotopic (exact) mass is 373 g/mol. The van der Waals surface area contributed by atoms with Gasteiger partial charge in [0, 0.05) is 12.1 Å². The molecule has 0 aliphatic carbocycles. The first-order valence-electron chi connectivity index (χ1n) is 9.54. The molecule has 1 aliphatic heterocycles. The number of rotatable bonds is 6. The first-order valence-corrected chi connectivity index (χ1v) is 9.54. The molecule has 0 spiro atoms. The summed E-state index contributed by atoms with van der Waals surface area (Å²) in [4.78, 5) is 40.9. The summed E-state index contributed by atoms with van der Waals surface area (Å²) in [6.45, 7) is 13.3. The third-order valence-corrected chi connectivity index (χ3v) is 5.12. The molecule has 27 heavy (non-hydrogen) atoms. The van der Waals surface area contributed by atoms with Crippen LogP contribution in [0.15, 0.2) is 24.3 Å². The Morgan fingerprint density at radius 3 is 2.00 bits per heavy atom. The van der Waals surface area contributed by atoms with Gasteiger partial charge >= 0.3 is 6.03 Å². The number of urea groups is 1. The molecule has 0 bridgehead atoms. The SMILES string of the molecule is CC(C)c1ccc(C2(C)NC(=O)N(CC(=O)N(C(C)C)C(C)C)C2=O)cc1. The molecule has 0 radical (unpaired) electrons. The third-order valence-electron chi connectivity index (χ3n) is 5.12. The molecule has 1 saturated heterocycles. The van der Waals surface area contributed by atoms with Crippen molar-refractivity contribution in [1.82, 2.24) is 15.1 Å². The van der Waals surface area contributed by atoms with Gasteiger partial charge in [-0.1, -0.05) is 38.1 Å². The second kappa shape index (κ2) is 7.71. The topological polar surface area (TPSA) is 69.7 Å². The van der Waals surface area contributed by atoms with Gasteiger partial charge in [0.15, 0.2) is 0 Å². The lowest BCUT2D eigenvalue weighted by molar-refractivity contribution is -0.141. The van der Waals surface area contributed by atoms with E-state index in [2.05, 4.69) is 19.2 Å². The van der Waals surface area contributed by atoms with Crippen molar-refractivity contribution in [2.45, 2.75) is 72.0 Å². The second-order valence-electron chi connectivity index (χ2n) is 8.21. The van der Waals surface area contributed by atoms with E-state index in [-0.39, 0.29) is 24.5 Å². The highest BCUT2D eigenvalue weighted by molar-refractivity contribution is 6.09. The van der Waals surface area contributed by atoms with Gasteiger partial charge in [-0.2, -0.15) is 0 Å². The number of hydrogen-bond donors (Lipinski definition) is 1. The van der Waals surface area contributed by atoms with Crippen LogP contribution in [0.2, 0.25) is 0 Å². The highest BCUT2D eigenvalue weighted by Crippen LogP contribution is 2.30. The van der Waals surface area contributed by atoms with Crippen LogP contribution >= 0.6 is 0 Å². The molecule has 6 nitrogen and oxygen atoms in total. The summed E-state index contributed by atoms with van der Waals surface area (Å²) in [7, 11) is 0. The molecule has 1 atom stereocenters. The quantitative estimate of drug-likeness (QED) is 0.779. The number of carbonyl (C=O) groups excluding carboxylic acids is 3. The number of benzene rings is 1. The Hall–Kier alpha value is -2.37. The Balaban J connectivity index is 2.24. The molecule has 0 aromatic heterocycles. The van der Waals surface area contributed by atoms with Crippen LogP contribution in [-0.2, 0) is 15.1 Å². The molecular formula is C21H31N3O3. The van der Waals surface area contributed by atoms with Gasteiger partial charge in [-0.25, -0.2) is 4.79 Å². The minimum Gasteiger partial charge on any atom is -0.336 e. The molecule has 1 aliphatic rings. The zero-order valence-electron chi connectivity index (χ0n) is 17.4. The van der Waals surface area contributed by atoms with Crippen LogP contribution in [0.25, 0.3) is 0 Å². The molecule has 148 valence electrons. The summed E-state index contributed by atoms with van der Waals surface area (Å²) in [5.74, 6) is -0.249. The van der Waals surface area contributed by atoms with Crippen molar-refractivity contribution in [2.75, 3.05) is 6.54 Å². The summed E-state index contributed by atoms with van der Waals surface area (Å²) in [6, 6.07) is 7.13. The van der Waals surface area contributed by atoms with E-state index in [4.69, 9.17) is 0 Å². The van der Waals surface area contributed by atoms with Crippen LogP contribution in [0.1, 0.15) is 65.5 Å². The average Bonchev–Trinajstić information content (AvgIpc) is 2.78. The number of nitrogens with one attached hydrogen (secondary N) is 1. The Bertz CT molecular complexity index is 717. The third kappa shape index (κ3) is 3.99. The van der Waals surface area contributed by atoms with Gasteiger partial charge < -0.3 is 10.2 Å². The molecule has 6 heteroatoms. The van der Waals surface area contributed by atoms with Crippen LogP contribution in [0.5, 0.6) is 0 Å². The highest BCUT2D eigenvalue weighted by Gasteiger charge is 2.49. The second-order valence-corrected chi connectivity index (χ2v) is 8.21. The lowest BCUT2D eigenvalue weighted by Crippen LogP contribution is -2.49. The Morgan fingerprint density at radius 2 is 1.56 bits per heavy atom. The van der Waals surface area contributed by atoms with E-state index in [0.29, 0.717) is 11.5 Å². The molecule has 1 heterocycles. The standard InChI is InChI=1S/C21H31N3O3/c1-13(2)16-8-10-17(11-9-16)21(7)19(26)23(20(27)22-21)12-18(25)24(14(3)4)15(5)6/h8-11,13-15H,12H2,1-7H3,(H,22,27). The molecular weight excluding hydrogens is 342 g/mol. The van der Waals surface area contributed by atoms with E-state index in [9.17, 15) is 14.4 Å². The van der Waals surface area contributed by atoms with E-state index in [1.54, 1.807) is 11.8 Å². The maximum Gasteiger partial charge on any atom is 0.325 e. The molecule has 1 unspecified atom stereocenters. The fourth-order valence-corrected chi connectivity index (χ4v) is 3.63. The minimum absolute atomic E-state index is 0.00627.